The highest BCUT2D eigenvalue weighted by atomic mass is 16.6. The van der Waals surface area contributed by atoms with Gasteiger partial charge in [-0.05, 0) is 61.8 Å². The Morgan fingerprint density at radius 1 is 1.24 bits per heavy atom. The first-order valence-electron chi connectivity index (χ1n) is 9.50. The maximum Gasteiger partial charge on any atom is 0.409 e. The van der Waals surface area contributed by atoms with E-state index in [4.69, 9.17) is 4.74 Å². The standard InChI is InChI=1S/C17H28N6O2/c1-3-25-16(24)22-9-6-17(12-22)10-15(11-17)21-7-4-14(5-8-21)23-13(2)18-19-20-23/h14-15H,3-12H2,1-2H3. The molecule has 1 amide bonds. The van der Waals surface area contributed by atoms with E-state index in [1.807, 2.05) is 23.4 Å². The molecule has 1 spiro atoms. The van der Waals surface area contributed by atoms with Crippen molar-refractivity contribution in [2.45, 2.75) is 58.0 Å². The number of amides is 1. The minimum Gasteiger partial charge on any atom is -0.450 e. The fourth-order valence-electron chi connectivity index (χ4n) is 4.91. The van der Waals surface area contributed by atoms with E-state index < -0.39 is 0 Å². The summed E-state index contributed by atoms with van der Waals surface area (Å²) < 4.78 is 7.13. The zero-order valence-corrected chi connectivity index (χ0v) is 15.2. The summed E-state index contributed by atoms with van der Waals surface area (Å²) in [4.78, 5) is 16.4. The second-order valence-corrected chi connectivity index (χ2v) is 7.87. The molecule has 1 aromatic heterocycles. The Labute approximate surface area is 148 Å². The summed E-state index contributed by atoms with van der Waals surface area (Å²) in [6.45, 7) is 8.26. The Hall–Kier alpha value is -1.70. The molecule has 3 fully saturated rings. The van der Waals surface area contributed by atoms with Crippen LogP contribution in [0.4, 0.5) is 4.79 Å². The molecule has 8 heteroatoms. The molecule has 25 heavy (non-hydrogen) atoms. The molecule has 138 valence electrons. The van der Waals surface area contributed by atoms with Crippen LogP contribution >= 0.6 is 0 Å². The van der Waals surface area contributed by atoms with Crippen molar-refractivity contribution in [3.05, 3.63) is 5.82 Å². The number of piperidine rings is 1. The van der Waals surface area contributed by atoms with Crippen LogP contribution in [0, 0.1) is 12.3 Å². The van der Waals surface area contributed by atoms with Crippen molar-refractivity contribution in [3.63, 3.8) is 0 Å². The van der Waals surface area contributed by atoms with Gasteiger partial charge < -0.3 is 14.5 Å². The molecule has 0 N–H and O–H groups in total. The highest BCUT2D eigenvalue weighted by Crippen LogP contribution is 2.50. The first-order chi connectivity index (χ1) is 12.1. The second kappa shape index (κ2) is 6.55. The van der Waals surface area contributed by atoms with Crippen LogP contribution in [0.25, 0.3) is 0 Å². The van der Waals surface area contributed by atoms with E-state index >= 15 is 0 Å². The zero-order valence-electron chi connectivity index (χ0n) is 15.2. The van der Waals surface area contributed by atoms with Crippen LogP contribution in [-0.4, -0.2) is 74.9 Å². The second-order valence-electron chi connectivity index (χ2n) is 7.87. The first-order valence-corrected chi connectivity index (χ1v) is 9.50. The molecule has 0 atom stereocenters. The van der Waals surface area contributed by atoms with Gasteiger partial charge in [0.15, 0.2) is 0 Å². The summed E-state index contributed by atoms with van der Waals surface area (Å²) in [7, 11) is 0. The molecule has 0 unspecified atom stereocenters. The summed E-state index contributed by atoms with van der Waals surface area (Å²) in [5, 5.41) is 11.9. The van der Waals surface area contributed by atoms with E-state index in [1.54, 1.807) is 0 Å². The van der Waals surface area contributed by atoms with E-state index in [0.717, 1.165) is 51.3 Å². The van der Waals surface area contributed by atoms with Crippen molar-refractivity contribution in [2.24, 2.45) is 5.41 Å². The fraction of sp³-hybridized carbons (Fsp3) is 0.882. The molecule has 1 aliphatic carbocycles. The van der Waals surface area contributed by atoms with Crippen molar-refractivity contribution in [2.75, 3.05) is 32.8 Å². The topological polar surface area (TPSA) is 76.4 Å². The Morgan fingerprint density at radius 3 is 2.64 bits per heavy atom. The van der Waals surface area contributed by atoms with Crippen molar-refractivity contribution >= 4 is 6.09 Å². The van der Waals surface area contributed by atoms with Crippen LogP contribution < -0.4 is 0 Å². The Morgan fingerprint density at radius 2 is 2.00 bits per heavy atom. The smallest absolute Gasteiger partial charge is 0.409 e. The lowest BCUT2D eigenvalue weighted by Gasteiger charge is -2.51. The summed E-state index contributed by atoms with van der Waals surface area (Å²) in [5.74, 6) is 0.908. The molecule has 0 bridgehead atoms. The summed E-state index contributed by atoms with van der Waals surface area (Å²) >= 11 is 0. The van der Waals surface area contributed by atoms with E-state index in [2.05, 4.69) is 20.4 Å². The number of rotatable bonds is 3. The maximum atomic E-state index is 11.9. The van der Waals surface area contributed by atoms with Crippen LogP contribution in [-0.2, 0) is 4.74 Å². The lowest BCUT2D eigenvalue weighted by Crippen LogP contribution is -2.54. The van der Waals surface area contributed by atoms with Crippen molar-refractivity contribution in [1.29, 1.82) is 0 Å². The average Bonchev–Trinajstić information content (AvgIpc) is 3.21. The van der Waals surface area contributed by atoms with Gasteiger partial charge >= 0.3 is 6.09 Å². The van der Waals surface area contributed by atoms with Gasteiger partial charge in [-0.15, -0.1) is 5.10 Å². The molecular weight excluding hydrogens is 320 g/mol. The van der Waals surface area contributed by atoms with E-state index in [9.17, 15) is 4.79 Å². The van der Waals surface area contributed by atoms with Crippen LogP contribution in [0.1, 0.15) is 50.9 Å². The summed E-state index contributed by atoms with van der Waals surface area (Å²) in [5.41, 5.74) is 0.348. The van der Waals surface area contributed by atoms with Gasteiger partial charge in [-0.2, -0.15) is 0 Å². The summed E-state index contributed by atoms with van der Waals surface area (Å²) in [6.07, 6.45) is 5.66. The molecule has 2 aliphatic heterocycles. The third-order valence-electron chi connectivity index (χ3n) is 6.32. The van der Waals surface area contributed by atoms with E-state index in [-0.39, 0.29) is 6.09 Å². The largest absolute Gasteiger partial charge is 0.450 e. The molecule has 3 aliphatic rings. The average molecular weight is 348 g/mol. The molecule has 3 heterocycles. The lowest BCUT2D eigenvalue weighted by molar-refractivity contribution is -0.00921. The van der Waals surface area contributed by atoms with E-state index in [1.165, 1.54) is 12.8 Å². The van der Waals surface area contributed by atoms with Gasteiger partial charge in [0, 0.05) is 32.2 Å². The first kappa shape index (κ1) is 16.8. The van der Waals surface area contributed by atoms with Gasteiger partial charge in [-0.1, -0.05) is 0 Å². The van der Waals surface area contributed by atoms with Crippen LogP contribution in [0.15, 0.2) is 0 Å². The van der Waals surface area contributed by atoms with Gasteiger partial charge in [0.2, 0.25) is 0 Å². The SMILES string of the molecule is CCOC(=O)N1CCC2(CC(N3CCC(n4nnnc4C)CC3)C2)C1. The van der Waals surface area contributed by atoms with Gasteiger partial charge in [-0.25, -0.2) is 9.48 Å². The highest BCUT2D eigenvalue weighted by molar-refractivity contribution is 5.68. The Kier molecular flexibility index (Phi) is 4.39. The zero-order chi connectivity index (χ0) is 17.4. The minimum atomic E-state index is -0.138. The monoisotopic (exact) mass is 348 g/mol. The lowest BCUT2D eigenvalue weighted by atomic mass is 9.64. The number of nitrogens with zero attached hydrogens (tertiary/aromatic N) is 6. The quantitative estimate of drug-likeness (QED) is 0.826. The molecule has 0 radical (unpaired) electrons. The highest BCUT2D eigenvalue weighted by Gasteiger charge is 2.51. The molecule has 1 aromatic rings. The number of likely N-dealkylation sites (tertiary alicyclic amines) is 2. The van der Waals surface area contributed by atoms with Crippen LogP contribution in [0.3, 0.4) is 0 Å². The third kappa shape index (κ3) is 3.12. The number of aromatic nitrogens is 4. The molecule has 4 rings (SSSR count). The van der Waals surface area contributed by atoms with Crippen LogP contribution in [0.2, 0.25) is 0 Å². The van der Waals surface area contributed by atoms with Gasteiger partial charge in [0.05, 0.1) is 12.6 Å². The van der Waals surface area contributed by atoms with Gasteiger partial charge in [0.25, 0.3) is 0 Å². The number of tetrazole rings is 1. The Balaban J connectivity index is 1.25. The predicted molar refractivity (Wildman–Crippen MR) is 91.1 cm³/mol. The summed E-state index contributed by atoms with van der Waals surface area (Å²) in [6, 6.07) is 1.11. The normalized spacial score (nSPS) is 30.6. The number of carbonyl (C=O) groups is 1. The number of hydrogen-bond donors (Lipinski definition) is 0. The van der Waals surface area contributed by atoms with Crippen molar-refractivity contribution in [3.8, 4) is 0 Å². The fourth-order valence-corrected chi connectivity index (χ4v) is 4.91. The molecule has 2 saturated heterocycles. The number of carbonyl (C=O) groups excluding carboxylic acids is 1. The third-order valence-corrected chi connectivity index (χ3v) is 6.32. The van der Waals surface area contributed by atoms with Crippen molar-refractivity contribution < 1.29 is 9.53 Å². The number of aryl methyl sites for hydroxylation is 1. The van der Waals surface area contributed by atoms with E-state index in [0.29, 0.717) is 24.1 Å². The number of hydrogen-bond acceptors (Lipinski definition) is 6. The van der Waals surface area contributed by atoms with Gasteiger partial charge in [-0.3, -0.25) is 0 Å². The molecule has 0 aromatic carbocycles. The van der Waals surface area contributed by atoms with Crippen LogP contribution in [0.5, 0.6) is 0 Å². The number of ether oxygens (including phenoxy) is 1. The predicted octanol–water partition coefficient (Wildman–Crippen LogP) is 1.63. The van der Waals surface area contributed by atoms with Gasteiger partial charge in [0.1, 0.15) is 5.82 Å². The maximum absolute atomic E-state index is 11.9. The molecular formula is C17H28N6O2. The molecule has 8 nitrogen and oxygen atoms in total. The Bertz CT molecular complexity index is 618. The van der Waals surface area contributed by atoms with Crippen molar-refractivity contribution in [1.82, 2.24) is 30.0 Å². The minimum absolute atomic E-state index is 0.138. The molecule has 1 saturated carbocycles.